The van der Waals surface area contributed by atoms with E-state index in [1.165, 1.54) is 12.8 Å². The van der Waals surface area contributed by atoms with Gasteiger partial charge in [-0.05, 0) is 24.3 Å². The Bertz CT molecular complexity index is 434. The number of nitrogens with two attached hydrogens (primary N) is 1. The number of carbonyl (C=O) groups is 1. The Balaban J connectivity index is 2.05. The van der Waals surface area contributed by atoms with Crippen LogP contribution in [-0.2, 0) is 11.3 Å². The van der Waals surface area contributed by atoms with Crippen LogP contribution in [0.3, 0.4) is 0 Å². The average molecular weight is 296 g/mol. The van der Waals surface area contributed by atoms with Crippen LogP contribution in [0.5, 0.6) is 0 Å². The Labute approximate surface area is 123 Å². The quantitative estimate of drug-likeness (QED) is 0.663. The van der Waals surface area contributed by atoms with Crippen LogP contribution >= 0.6 is 23.6 Å². The van der Waals surface area contributed by atoms with Gasteiger partial charge in [0.1, 0.15) is 0 Å². The van der Waals surface area contributed by atoms with Crippen LogP contribution in [0, 0.1) is 5.41 Å². The molecule has 1 aromatic heterocycles. The lowest BCUT2D eigenvalue weighted by Gasteiger charge is -2.30. The summed E-state index contributed by atoms with van der Waals surface area (Å²) >= 11 is 6.84. The van der Waals surface area contributed by atoms with Gasteiger partial charge in [-0.15, -0.1) is 11.3 Å². The number of hydrogen-bond acceptors (Lipinski definition) is 3. The van der Waals surface area contributed by atoms with Crippen molar-refractivity contribution in [2.75, 3.05) is 0 Å². The van der Waals surface area contributed by atoms with Crippen LogP contribution in [0.1, 0.15) is 43.4 Å². The standard InChI is InChI=1S/C14H20N2OS2/c15-12(18)14(7-3-1-2-4-8-14)13(17)16-10-11-6-5-9-19-11/h5-6,9H,1-4,7-8,10H2,(H2,15,18)(H,16,17). The molecule has 104 valence electrons. The van der Waals surface area contributed by atoms with Gasteiger partial charge in [-0.3, -0.25) is 4.79 Å². The second-order valence-corrected chi connectivity index (χ2v) is 6.59. The normalized spacial score (nSPS) is 18.5. The van der Waals surface area contributed by atoms with E-state index in [4.69, 9.17) is 18.0 Å². The van der Waals surface area contributed by atoms with E-state index in [9.17, 15) is 4.79 Å². The minimum absolute atomic E-state index is 0.00954. The maximum absolute atomic E-state index is 12.5. The zero-order valence-electron chi connectivity index (χ0n) is 11.0. The fourth-order valence-corrected chi connectivity index (χ4v) is 3.61. The lowest BCUT2D eigenvalue weighted by atomic mass is 9.79. The predicted octanol–water partition coefficient (Wildman–Crippen LogP) is 2.99. The topological polar surface area (TPSA) is 55.1 Å². The molecule has 0 radical (unpaired) electrons. The maximum Gasteiger partial charge on any atom is 0.233 e. The molecule has 1 aromatic rings. The van der Waals surface area contributed by atoms with Crippen molar-refractivity contribution in [2.24, 2.45) is 11.1 Å². The first kappa shape index (κ1) is 14.5. The Hall–Kier alpha value is -0.940. The number of thiophene rings is 1. The largest absolute Gasteiger partial charge is 0.392 e. The third-order valence-corrected chi connectivity index (χ3v) is 5.13. The molecule has 0 atom stereocenters. The fourth-order valence-electron chi connectivity index (χ4n) is 2.67. The van der Waals surface area contributed by atoms with Gasteiger partial charge in [-0.1, -0.05) is 44.0 Å². The van der Waals surface area contributed by atoms with Crippen molar-refractivity contribution in [1.29, 1.82) is 0 Å². The number of carbonyl (C=O) groups excluding carboxylic acids is 1. The van der Waals surface area contributed by atoms with Gasteiger partial charge in [0.15, 0.2) is 0 Å². The van der Waals surface area contributed by atoms with Gasteiger partial charge in [0.2, 0.25) is 5.91 Å². The zero-order valence-corrected chi connectivity index (χ0v) is 12.6. The number of amides is 1. The molecule has 2 rings (SSSR count). The molecule has 3 nitrogen and oxygen atoms in total. The number of hydrogen-bond donors (Lipinski definition) is 2. The molecule has 1 aliphatic rings. The summed E-state index contributed by atoms with van der Waals surface area (Å²) < 4.78 is 0. The van der Waals surface area contributed by atoms with Crippen molar-refractivity contribution in [3.63, 3.8) is 0 Å². The lowest BCUT2D eigenvalue weighted by molar-refractivity contribution is -0.128. The predicted molar refractivity (Wildman–Crippen MR) is 83.1 cm³/mol. The van der Waals surface area contributed by atoms with Crippen molar-refractivity contribution in [1.82, 2.24) is 5.32 Å². The summed E-state index contributed by atoms with van der Waals surface area (Å²) in [6.45, 7) is 0.570. The second-order valence-electron chi connectivity index (χ2n) is 5.12. The first-order chi connectivity index (χ1) is 9.15. The Morgan fingerprint density at radius 2 is 2.05 bits per heavy atom. The van der Waals surface area contributed by atoms with Gasteiger partial charge >= 0.3 is 0 Å². The highest BCUT2D eigenvalue weighted by molar-refractivity contribution is 7.80. The lowest BCUT2D eigenvalue weighted by Crippen LogP contribution is -2.48. The molecule has 1 amide bonds. The van der Waals surface area contributed by atoms with E-state index in [-0.39, 0.29) is 5.91 Å². The summed E-state index contributed by atoms with van der Waals surface area (Å²) in [7, 11) is 0. The molecule has 3 N–H and O–H groups in total. The molecular formula is C14H20N2OS2. The van der Waals surface area contributed by atoms with E-state index in [1.807, 2.05) is 17.5 Å². The number of nitrogens with one attached hydrogen (secondary N) is 1. The Kier molecular flexibility index (Phi) is 4.93. The van der Waals surface area contributed by atoms with Gasteiger partial charge in [-0.2, -0.15) is 0 Å². The van der Waals surface area contributed by atoms with Crippen LogP contribution in [0.2, 0.25) is 0 Å². The van der Waals surface area contributed by atoms with Crippen molar-refractivity contribution in [3.05, 3.63) is 22.4 Å². The Morgan fingerprint density at radius 3 is 2.58 bits per heavy atom. The summed E-state index contributed by atoms with van der Waals surface area (Å²) in [6, 6.07) is 4.01. The minimum Gasteiger partial charge on any atom is -0.392 e. The number of rotatable bonds is 4. The van der Waals surface area contributed by atoms with E-state index >= 15 is 0 Å². The van der Waals surface area contributed by atoms with E-state index in [0.717, 1.165) is 30.6 Å². The summed E-state index contributed by atoms with van der Waals surface area (Å²) in [5.41, 5.74) is 5.27. The van der Waals surface area contributed by atoms with Crippen molar-refractivity contribution in [3.8, 4) is 0 Å². The average Bonchev–Trinajstić information content (AvgIpc) is 2.78. The number of thiocarbonyl (C=S) groups is 1. The summed E-state index contributed by atoms with van der Waals surface area (Å²) in [4.78, 5) is 14.0. The van der Waals surface area contributed by atoms with Crippen molar-refractivity contribution >= 4 is 34.5 Å². The molecule has 0 aliphatic heterocycles. The highest BCUT2D eigenvalue weighted by Gasteiger charge is 2.41. The van der Waals surface area contributed by atoms with Gasteiger partial charge in [0.05, 0.1) is 16.9 Å². The zero-order chi connectivity index (χ0) is 13.7. The van der Waals surface area contributed by atoms with Gasteiger partial charge < -0.3 is 11.1 Å². The highest BCUT2D eigenvalue weighted by Crippen LogP contribution is 2.35. The van der Waals surface area contributed by atoms with Crippen LogP contribution in [0.15, 0.2) is 17.5 Å². The molecule has 1 heterocycles. The van der Waals surface area contributed by atoms with Gasteiger partial charge in [0.25, 0.3) is 0 Å². The molecule has 0 bridgehead atoms. The SMILES string of the molecule is NC(=S)C1(C(=O)NCc2cccs2)CCCCCC1. The minimum atomic E-state index is -0.622. The van der Waals surface area contributed by atoms with Crippen LogP contribution in [-0.4, -0.2) is 10.9 Å². The fraction of sp³-hybridized carbons (Fsp3) is 0.571. The van der Waals surface area contributed by atoms with Crippen molar-refractivity contribution < 1.29 is 4.79 Å². The van der Waals surface area contributed by atoms with Gasteiger partial charge in [-0.25, -0.2) is 0 Å². The Morgan fingerprint density at radius 1 is 1.37 bits per heavy atom. The molecule has 5 heteroatoms. The molecule has 1 fully saturated rings. The van der Waals surface area contributed by atoms with Crippen LogP contribution < -0.4 is 11.1 Å². The first-order valence-corrected chi connectivity index (χ1v) is 8.04. The molecule has 0 aromatic carbocycles. The summed E-state index contributed by atoms with van der Waals surface area (Å²) in [5, 5.41) is 5.02. The molecule has 0 spiro atoms. The van der Waals surface area contributed by atoms with E-state index in [1.54, 1.807) is 11.3 Å². The molecule has 1 saturated carbocycles. The summed E-state index contributed by atoms with van der Waals surface area (Å²) in [5.74, 6) is 0.00954. The second kappa shape index (κ2) is 6.48. The van der Waals surface area contributed by atoms with E-state index < -0.39 is 5.41 Å². The van der Waals surface area contributed by atoms with Crippen LogP contribution in [0.25, 0.3) is 0 Å². The first-order valence-electron chi connectivity index (χ1n) is 6.76. The smallest absolute Gasteiger partial charge is 0.233 e. The van der Waals surface area contributed by atoms with Crippen molar-refractivity contribution in [2.45, 2.75) is 45.1 Å². The maximum atomic E-state index is 12.5. The molecule has 19 heavy (non-hydrogen) atoms. The molecule has 1 aliphatic carbocycles. The molecule has 0 saturated heterocycles. The van der Waals surface area contributed by atoms with Gasteiger partial charge in [0, 0.05) is 4.88 Å². The monoisotopic (exact) mass is 296 g/mol. The van der Waals surface area contributed by atoms with E-state index in [0.29, 0.717) is 11.5 Å². The highest BCUT2D eigenvalue weighted by atomic mass is 32.1. The van der Waals surface area contributed by atoms with E-state index in [2.05, 4.69) is 5.32 Å². The molecular weight excluding hydrogens is 276 g/mol. The van der Waals surface area contributed by atoms with Crippen LogP contribution in [0.4, 0.5) is 0 Å². The summed E-state index contributed by atoms with van der Waals surface area (Å²) in [6.07, 6.45) is 5.98. The third-order valence-electron chi connectivity index (χ3n) is 3.87. The molecule has 0 unspecified atom stereocenters. The third kappa shape index (κ3) is 3.34.